The molecule has 0 aliphatic heterocycles. The molecule has 1 aliphatic rings. The highest BCUT2D eigenvalue weighted by Gasteiger charge is 2.36. The number of ether oxygens (including phenoxy) is 1. The van der Waals surface area contributed by atoms with Crippen molar-refractivity contribution in [2.75, 3.05) is 6.61 Å². The zero-order valence-corrected chi connectivity index (χ0v) is 12.8. The molecule has 0 saturated heterocycles. The number of esters is 1. The molecular formula is C16H20ClFO3. The normalized spacial score (nSPS) is 25.6. The van der Waals surface area contributed by atoms with Gasteiger partial charge in [-0.05, 0) is 50.7 Å². The van der Waals surface area contributed by atoms with Gasteiger partial charge in [0.15, 0.2) is 0 Å². The summed E-state index contributed by atoms with van der Waals surface area (Å²) in [4.78, 5) is 11.5. The standard InChI is InChI=1S/C16H20ClFO3/c1-2-21-15(19)9-11-5-7-16(20,8-6-11)13-4-3-12(18)10-14(13)17/h3-4,10-11,20H,2,5-9H2,1H3. The fourth-order valence-corrected chi connectivity index (χ4v) is 3.29. The van der Waals surface area contributed by atoms with Crippen LogP contribution >= 0.6 is 11.6 Å². The van der Waals surface area contributed by atoms with Gasteiger partial charge in [0.2, 0.25) is 0 Å². The van der Waals surface area contributed by atoms with Gasteiger partial charge in [0, 0.05) is 17.0 Å². The Bertz CT molecular complexity index is 510. The first-order chi connectivity index (χ1) is 9.94. The Kier molecular flexibility index (Phi) is 5.22. The summed E-state index contributed by atoms with van der Waals surface area (Å²) in [7, 11) is 0. The number of hydrogen-bond donors (Lipinski definition) is 1. The second-order valence-corrected chi connectivity index (χ2v) is 6.02. The lowest BCUT2D eigenvalue weighted by Gasteiger charge is -2.36. The van der Waals surface area contributed by atoms with E-state index >= 15 is 0 Å². The van der Waals surface area contributed by atoms with Crippen LogP contribution in [0.15, 0.2) is 18.2 Å². The van der Waals surface area contributed by atoms with Gasteiger partial charge in [0.25, 0.3) is 0 Å². The Morgan fingerprint density at radius 3 is 2.71 bits per heavy atom. The molecule has 21 heavy (non-hydrogen) atoms. The van der Waals surface area contributed by atoms with Gasteiger partial charge in [-0.3, -0.25) is 4.79 Å². The van der Waals surface area contributed by atoms with Crippen molar-refractivity contribution in [2.24, 2.45) is 5.92 Å². The molecule has 116 valence electrons. The largest absolute Gasteiger partial charge is 0.466 e. The third-order valence-electron chi connectivity index (χ3n) is 4.13. The smallest absolute Gasteiger partial charge is 0.306 e. The van der Waals surface area contributed by atoms with Gasteiger partial charge in [-0.25, -0.2) is 4.39 Å². The third-order valence-corrected chi connectivity index (χ3v) is 4.44. The molecule has 0 bridgehead atoms. The van der Waals surface area contributed by atoms with Crippen molar-refractivity contribution >= 4 is 17.6 Å². The predicted octanol–water partition coefficient (Wildman–Crippen LogP) is 3.81. The summed E-state index contributed by atoms with van der Waals surface area (Å²) in [6.07, 6.45) is 2.87. The first-order valence-corrected chi connectivity index (χ1v) is 7.66. The highest BCUT2D eigenvalue weighted by Crippen LogP contribution is 2.43. The maximum absolute atomic E-state index is 13.1. The number of aliphatic hydroxyl groups is 1. The summed E-state index contributed by atoms with van der Waals surface area (Å²) >= 11 is 6.04. The zero-order valence-electron chi connectivity index (χ0n) is 12.1. The molecule has 0 amide bonds. The van der Waals surface area contributed by atoms with E-state index in [-0.39, 0.29) is 16.9 Å². The van der Waals surface area contributed by atoms with E-state index in [0.29, 0.717) is 31.4 Å². The number of halogens is 2. The second-order valence-electron chi connectivity index (χ2n) is 5.61. The van der Waals surface area contributed by atoms with Crippen molar-refractivity contribution in [3.63, 3.8) is 0 Å². The molecule has 1 aromatic carbocycles. The molecule has 1 fully saturated rings. The van der Waals surface area contributed by atoms with Crippen LogP contribution in [0.3, 0.4) is 0 Å². The Hall–Kier alpha value is -1.13. The Labute approximate surface area is 129 Å². The summed E-state index contributed by atoms with van der Waals surface area (Å²) in [6, 6.07) is 4.08. The van der Waals surface area contributed by atoms with Gasteiger partial charge < -0.3 is 9.84 Å². The lowest BCUT2D eigenvalue weighted by molar-refractivity contribution is -0.145. The minimum Gasteiger partial charge on any atom is -0.466 e. The van der Waals surface area contributed by atoms with Crippen LogP contribution in [0, 0.1) is 11.7 Å². The van der Waals surface area contributed by atoms with Crippen molar-refractivity contribution in [3.05, 3.63) is 34.6 Å². The van der Waals surface area contributed by atoms with Gasteiger partial charge in [-0.1, -0.05) is 17.7 Å². The SMILES string of the molecule is CCOC(=O)CC1CCC(O)(c2ccc(F)cc2Cl)CC1. The molecule has 0 radical (unpaired) electrons. The highest BCUT2D eigenvalue weighted by molar-refractivity contribution is 6.31. The Morgan fingerprint density at radius 2 is 2.14 bits per heavy atom. The van der Waals surface area contributed by atoms with Crippen molar-refractivity contribution < 1.29 is 19.0 Å². The van der Waals surface area contributed by atoms with Gasteiger partial charge >= 0.3 is 5.97 Å². The summed E-state index contributed by atoms with van der Waals surface area (Å²) in [5.41, 5.74) is -0.462. The molecule has 1 N–H and O–H groups in total. The molecule has 5 heteroatoms. The number of carbonyl (C=O) groups excluding carboxylic acids is 1. The number of hydrogen-bond acceptors (Lipinski definition) is 3. The fourth-order valence-electron chi connectivity index (χ4n) is 2.95. The first kappa shape index (κ1) is 16.2. The lowest BCUT2D eigenvalue weighted by Crippen LogP contribution is -2.32. The van der Waals surface area contributed by atoms with E-state index in [9.17, 15) is 14.3 Å². The van der Waals surface area contributed by atoms with Crippen molar-refractivity contribution in [1.82, 2.24) is 0 Å². The second kappa shape index (κ2) is 6.75. The van der Waals surface area contributed by atoms with E-state index < -0.39 is 11.4 Å². The van der Waals surface area contributed by atoms with Gasteiger partial charge in [0.1, 0.15) is 5.82 Å². The topological polar surface area (TPSA) is 46.5 Å². The average Bonchev–Trinajstić information content (AvgIpc) is 2.41. The lowest BCUT2D eigenvalue weighted by atomic mass is 9.74. The summed E-state index contributed by atoms with van der Waals surface area (Å²) in [6.45, 7) is 2.18. The minimum atomic E-state index is -1.03. The van der Waals surface area contributed by atoms with E-state index in [0.717, 1.165) is 12.8 Å². The van der Waals surface area contributed by atoms with Crippen LogP contribution < -0.4 is 0 Å². The molecule has 3 nitrogen and oxygen atoms in total. The Morgan fingerprint density at radius 1 is 1.48 bits per heavy atom. The van der Waals surface area contributed by atoms with Crippen LogP contribution in [-0.4, -0.2) is 17.7 Å². The van der Waals surface area contributed by atoms with Gasteiger partial charge in [-0.2, -0.15) is 0 Å². The third kappa shape index (κ3) is 3.95. The molecule has 0 heterocycles. The molecule has 0 spiro atoms. The zero-order chi connectivity index (χ0) is 15.5. The molecule has 0 atom stereocenters. The Balaban J connectivity index is 2.00. The fraction of sp³-hybridized carbons (Fsp3) is 0.562. The number of benzene rings is 1. The summed E-state index contributed by atoms with van der Waals surface area (Å²) in [5, 5.41) is 11.0. The quantitative estimate of drug-likeness (QED) is 0.860. The summed E-state index contributed by atoms with van der Waals surface area (Å²) < 4.78 is 18.0. The molecule has 1 aliphatic carbocycles. The van der Waals surface area contributed by atoms with E-state index in [1.165, 1.54) is 12.1 Å². The van der Waals surface area contributed by atoms with E-state index in [1.807, 2.05) is 0 Å². The highest BCUT2D eigenvalue weighted by atomic mass is 35.5. The summed E-state index contributed by atoms with van der Waals surface area (Å²) in [5.74, 6) is -0.375. The van der Waals surface area contributed by atoms with Crippen LogP contribution in [0.4, 0.5) is 4.39 Å². The van der Waals surface area contributed by atoms with Crippen LogP contribution in [0.2, 0.25) is 5.02 Å². The molecule has 1 saturated carbocycles. The van der Waals surface area contributed by atoms with Gasteiger partial charge in [-0.15, -0.1) is 0 Å². The predicted molar refractivity (Wildman–Crippen MR) is 78.5 cm³/mol. The maximum Gasteiger partial charge on any atom is 0.306 e. The van der Waals surface area contributed by atoms with Crippen molar-refractivity contribution in [1.29, 1.82) is 0 Å². The van der Waals surface area contributed by atoms with E-state index in [4.69, 9.17) is 16.3 Å². The molecule has 1 aromatic rings. The molecule has 0 unspecified atom stereocenters. The maximum atomic E-state index is 13.1. The van der Waals surface area contributed by atoms with E-state index in [2.05, 4.69) is 0 Å². The average molecular weight is 315 g/mol. The number of rotatable bonds is 4. The van der Waals surface area contributed by atoms with Crippen LogP contribution in [0.25, 0.3) is 0 Å². The van der Waals surface area contributed by atoms with Crippen LogP contribution in [0.5, 0.6) is 0 Å². The number of carbonyl (C=O) groups is 1. The monoisotopic (exact) mass is 314 g/mol. The van der Waals surface area contributed by atoms with E-state index in [1.54, 1.807) is 13.0 Å². The molecular weight excluding hydrogens is 295 g/mol. The van der Waals surface area contributed by atoms with Crippen LogP contribution in [-0.2, 0) is 15.1 Å². The molecule has 0 aromatic heterocycles. The minimum absolute atomic E-state index is 0.187. The molecule has 2 rings (SSSR count). The first-order valence-electron chi connectivity index (χ1n) is 7.28. The van der Waals surface area contributed by atoms with Crippen molar-refractivity contribution in [2.45, 2.75) is 44.6 Å². The van der Waals surface area contributed by atoms with Gasteiger partial charge in [0.05, 0.1) is 12.2 Å². The van der Waals surface area contributed by atoms with Crippen LogP contribution in [0.1, 0.15) is 44.6 Å². The van der Waals surface area contributed by atoms with Crippen molar-refractivity contribution in [3.8, 4) is 0 Å².